The number of nitrogens with one attached hydrogen (secondary N) is 1. The Bertz CT molecular complexity index is 730. The van der Waals surface area contributed by atoms with Crippen molar-refractivity contribution in [3.63, 3.8) is 0 Å². The molecule has 0 spiro atoms. The highest BCUT2D eigenvalue weighted by Crippen LogP contribution is 2.28. The molecule has 0 aliphatic carbocycles. The van der Waals surface area contributed by atoms with E-state index < -0.39 is 0 Å². The third kappa shape index (κ3) is 3.03. The Kier molecular flexibility index (Phi) is 4.24. The van der Waals surface area contributed by atoms with E-state index >= 15 is 0 Å². The Labute approximate surface area is 124 Å². The molecule has 0 heterocycles. The third-order valence-corrected chi connectivity index (χ3v) is 3.23. The van der Waals surface area contributed by atoms with Crippen LogP contribution in [0.4, 0.5) is 5.69 Å². The number of para-hydroxylation sites is 1. The molecule has 4 heteroatoms. The van der Waals surface area contributed by atoms with E-state index in [9.17, 15) is 4.79 Å². The van der Waals surface area contributed by atoms with Crippen LogP contribution in [0.3, 0.4) is 0 Å². The van der Waals surface area contributed by atoms with Gasteiger partial charge in [0.1, 0.15) is 17.5 Å². The number of methoxy groups -OCH3 is 1. The fourth-order valence-corrected chi connectivity index (χ4v) is 2.17. The molecule has 0 saturated carbocycles. The third-order valence-electron chi connectivity index (χ3n) is 3.23. The second-order valence-electron chi connectivity index (χ2n) is 4.77. The Morgan fingerprint density at radius 2 is 2.00 bits per heavy atom. The molecule has 4 nitrogen and oxygen atoms in total. The SMILES string of the molecule is COc1cccc(C#N)c1NC(=O)c1ccc(C)cc1C. The van der Waals surface area contributed by atoms with Gasteiger partial charge in [0, 0.05) is 5.56 Å². The highest BCUT2D eigenvalue weighted by Gasteiger charge is 2.15. The van der Waals surface area contributed by atoms with Crippen LogP contribution < -0.4 is 10.1 Å². The lowest BCUT2D eigenvalue weighted by Gasteiger charge is -2.13. The summed E-state index contributed by atoms with van der Waals surface area (Å²) in [5.41, 5.74) is 3.33. The number of carbonyl (C=O) groups excluding carboxylic acids is 1. The molecule has 0 aromatic heterocycles. The van der Waals surface area contributed by atoms with Crippen LogP contribution in [-0.2, 0) is 0 Å². The molecular weight excluding hydrogens is 264 g/mol. The van der Waals surface area contributed by atoms with Gasteiger partial charge in [-0.2, -0.15) is 5.26 Å². The lowest BCUT2D eigenvalue weighted by Crippen LogP contribution is -2.15. The molecule has 2 rings (SSSR count). The van der Waals surface area contributed by atoms with Gasteiger partial charge in [0.2, 0.25) is 0 Å². The lowest BCUT2D eigenvalue weighted by molar-refractivity contribution is 0.102. The van der Waals surface area contributed by atoms with Gasteiger partial charge in [-0.05, 0) is 37.6 Å². The zero-order chi connectivity index (χ0) is 15.4. The molecule has 1 N–H and O–H groups in total. The molecule has 2 aromatic carbocycles. The van der Waals surface area contributed by atoms with Gasteiger partial charge in [-0.3, -0.25) is 4.79 Å². The zero-order valence-electron chi connectivity index (χ0n) is 12.2. The first-order valence-electron chi connectivity index (χ1n) is 6.52. The molecule has 0 atom stereocenters. The summed E-state index contributed by atoms with van der Waals surface area (Å²) >= 11 is 0. The molecule has 0 aliphatic rings. The molecule has 106 valence electrons. The van der Waals surface area contributed by atoms with E-state index in [1.165, 1.54) is 7.11 Å². The largest absolute Gasteiger partial charge is 0.495 e. The van der Waals surface area contributed by atoms with Gasteiger partial charge in [-0.1, -0.05) is 23.8 Å². The van der Waals surface area contributed by atoms with Crippen LogP contribution >= 0.6 is 0 Å². The summed E-state index contributed by atoms with van der Waals surface area (Å²) in [5.74, 6) is 0.209. The summed E-state index contributed by atoms with van der Waals surface area (Å²) in [6.07, 6.45) is 0. The van der Waals surface area contributed by atoms with Crippen LogP contribution in [0, 0.1) is 25.2 Å². The van der Waals surface area contributed by atoms with Gasteiger partial charge in [0.15, 0.2) is 0 Å². The van der Waals surface area contributed by atoms with Crippen LogP contribution in [-0.4, -0.2) is 13.0 Å². The standard InChI is InChI=1S/C17H16N2O2/c1-11-7-8-14(12(2)9-11)17(20)19-16-13(10-18)5-4-6-15(16)21-3/h4-9H,1-3H3,(H,19,20). The van der Waals surface area contributed by atoms with Crippen molar-refractivity contribution in [2.45, 2.75) is 13.8 Å². The Hall–Kier alpha value is -2.80. The van der Waals surface area contributed by atoms with E-state index in [-0.39, 0.29) is 5.91 Å². The molecule has 1 amide bonds. The molecule has 0 radical (unpaired) electrons. The fraction of sp³-hybridized carbons (Fsp3) is 0.176. The Morgan fingerprint density at radius 1 is 1.24 bits per heavy atom. The number of nitrogens with zero attached hydrogens (tertiary/aromatic N) is 1. The number of rotatable bonds is 3. The quantitative estimate of drug-likeness (QED) is 0.936. The predicted molar refractivity (Wildman–Crippen MR) is 81.6 cm³/mol. The summed E-state index contributed by atoms with van der Waals surface area (Å²) in [4.78, 5) is 12.4. The predicted octanol–water partition coefficient (Wildman–Crippen LogP) is 3.44. The van der Waals surface area contributed by atoms with E-state index in [2.05, 4.69) is 11.4 Å². The average molecular weight is 280 g/mol. The molecule has 0 aliphatic heterocycles. The number of aryl methyl sites for hydroxylation is 2. The van der Waals surface area contributed by atoms with Crippen LogP contribution in [0.15, 0.2) is 36.4 Å². The van der Waals surface area contributed by atoms with E-state index in [4.69, 9.17) is 10.00 Å². The van der Waals surface area contributed by atoms with E-state index in [1.807, 2.05) is 26.0 Å². The fourth-order valence-electron chi connectivity index (χ4n) is 2.17. The zero-order valence-corrected chi connectivity index (χ0v) is 12.2. The summed E-state index contributed by atoms with van der Waals surface area (Å²) in [5, 5.41) is 11.9. The van der Waals surface area contributed by atoms with Crippen molar-refractivity contribution in [2.24, 2.45) is 0 Å². The Balaban J connectivity index is 2.38. The summed E-state index contributed by atoms with van der Waals surface area (Å²) < 4.78 is 5.21. The van der Waals surface area contributed by atoms with Crippen molar-refractivity contribution in [2.75, 3.05) is 12.4 Å². The number of nitriles is 1. The van der Waals surface area contributed by atoms with Crippen molar-refractivity contribution >= 4 is 11.6 Å². The van der Waals surface area contributed by atoms with E-state index in [1.54, 1.807) is 24.3 Å². The molecule has 2 aromatic rings. The van der Waals surface area contributed by atoms with Crippen LogP contribution in [0.1, 0.15) is 27.0 Å². The smallest absolute Gasteiger partial charge is 0.256 e. The number of carbonyl (C=O) groups is 1. The molecule has 21 heavy (non-hydrogen) atoms. The molecule has 0 unspecified atom stereocenters. The van der Waals surface area contributed by atoms with Gasteiger partial charge in [0.25, 0.3) is 5.91 Å². The maximum Gasteiger partial charge on any atom is 0.256 e. The maximum atomic E-state index is 12.4. The number of benzene rings is 2. The Morgan fingerprint density at radius 3 is 2.62 bits per heavy atom. The van der Waals surface area contributed by atoms with Crippen molar-refractivity contribution in [3.05, 3.63) is 58.7 Å². The average Bonchev–Trinajstić information content (AvgIpc) is 2.47. The minimum absolute atomic E-state index is 0.256. The van der Waals surface area contributed by atoms with Crippen molar-refractivity contribution < 1.29 is 9.53 Å². The first-order valence-corrected chi connectivity index (χ1v) is 6.52. The van der Waals surface area contributed by atoms with Gasteiger partial charge in [0.05, 0.1) is 12.7 Å². The van der Waals surface area contributed by atoms with Crippen LogP contribution in [0.5, 0.6) is 5.75 Å². The topological polar surface area (TPSA) is 62.1 Å². The lowest BCUT2D eigenvalue weighted by atomic mass is 10.0. The monoisotopic (exact) mass is 280 g/mol. The van der Waals surface area contributed by atoms with Gasteiger partial charge in [-0.25, -0.2) is 0 Å². The first-order chi connectivity index (χ1) is 10.1. The number of amides is 1. The molecule has 0 bridgehead atoms. The summed E-state index contributed by atoms with van der Waals surface area (Å²) in [7, 11) is 1.50. The van der Waals surface area contributed by atoms with Gasteiger partial charge >= 0.3 is 0 Å². The van der Waals surface area contributed by atoms with Crippen LogP contribution in [0.25, 0.3) is 0 Å². The minimum Gasteiger partial charge on any atom is -0.495 e. The maximum absolute atomic E-state index is 12.4. The first kappa shape index (κ1) is 14.6. The molecule has 0 fully saturated rings. The highest BCUT2D eigenvalue weighted by atomic mass is 16.5. The number of hydrogen-bond acceptors (Lipinski definition) is 3. The normalized spacial score (nSPS) is 9.81. The van der Waals surface area contributed by atoms with Crippen molar-refractivity contribution in [3.8, 4) is 11.8 Å². The van der Waals surface area contributed by atoms with Crippen LogP contribution in [0.2, 0.25) is 0 Å². The minimum atomic E-state index is -0.256. The van der Waals surface area contributed by atoms with Gasteiger partial charge in [-0.15, -0.1) is 0 Å². The second kappa shape index (κ2) is 6.10. The number of anilines is 1. The highest BCUT2D eigenvalue weighted by molar-refractivity contribution is 6.06. The summed E-state index contributed by atoms with van der Waals surface area (Å²) in [6, 6.07) is 12.7. The number of hydrogen-bond donors (Lipinski definition) is 1. The second-order valence-corrected chi connectivity index (χ2v) is 4.77. The summed E-state index contributed by atoms with van der Waals surface area (Å²) in [6.45, 7) is 3.86. The molecular formula is C17H16N2O2. The van der Waals surface area contributed by atoms with Gasteiger partial charge < -0.3 is 10.1 Å². The van der Waals surface area contributed by atoms with Crippen molar-refractivity contribution in [1.82, 2.24) is 0 Å². The van der Waals surface area contributed by atoms with Crippen molar-refractivity contribution in [1.29, 1.82) is 5.26 Å². The number of ether oxygens (including phenoxy) is 1. The molecule has 0 saturated heterocycles. The van der Waals surface area contributed by atoms with E-state index in [0.29, 0.717) is 22.6 Å². The van der Waals surface area contributed by atoms with E-state index in [0.717, 1.165) is 11.1 Å².